The number of hydrogen-bond donors (Lipinski definition) is 2. The quantitative estimate of drug-likeness (QED) is 0.762. The van der Waals surface area contributed by atoms with Gasteiger partial charge in [-0.15, -0.1) is 11.3 Å². The fourth-order valence-electron chi connectivity index (χ4n) is 3.26. The summed E-state index contributed by atoms with van der Waals surface area (Å²) in [6, 6.07) is 13.4. The third-order valence-corrected chi connectivity index (χ3v) is 6.43. The molecule has 1 aromatic carbocycles. The van der Waals surface area contributed by atoms with Gasteiger partial charge in [-0.2, -0.15) is 0 Å². The summed E-state index contributed by atoms with van der Waals surface area (Å²) in [6.45, 7) is 3.40. The van der Waals surface area contributed by atoms with Gasteiger partial charge in [0, 0.05) is 17.0 Å². The minimum atomic E-state index is -0.147. The van der Waals surface area contributed by atoms with Gasteiger partial charge in [-0.1, -0.05) is 31.0 Å². The van der Waals surface area contributed by atoms with Crippen molar-refractivity contribution < 1.29 is 4.79 Å². The van der Waals surface area contributed by atoms with E-state index in [1.165, 1.54) is 43.6 Å². The zero-order chi connectivity index (χ0) is 18.5. The number of nitrogens with one attached hydrogen (secondary N) is 1. The Kier molecular flexibility index (Phi) is 6.01. The van der Waals surface area contributed by atoms with Gasteiger partial charge in [-0.25, -0.2) is 9.39 Å². The number of hydrogen-bond acceptors (Lipinski definition) is 5. The highest BCUT2D eigenvalue weighted by Gasteiger charge is 2.18. The van der Waals surface area contributed by atoms with Crippen LogP contribution < -0.4 is 5.32 Å². The zero-order valence-electron chi connectivity index (χ0n) is 15.1. The van der Waals surface area contributed by atoms with Crippen LogP contribution in [0.2, 0.25) is 0 Å². The average Bonchev–Trinajstić information content (AvgIpc) is 3.27. The van der Waals surface area contributed by atoms with Crippen molar-refractivity contribution in [2.45, 2.75) is 32.2 Å². The Hall–Kier alpha value is -1.96. The maximum absolute atomic E-state index is 12.2. The highest BCUT2D eigenvalue weighted by molar-refractivity contribution is 8.13. The van der Waals surface area contributed by atoms with Crippen LogP contribution in [-0.2, 0) is 6.54 Å². The molecule has 0 spiro atoms. The summed E-state index contributed by atoms with van der Waals surface area (Å²) >= 11 is 2.44. The van der Waals surface area contributed by atoms with E-state index in [1.807, 2.05) is 18.2 Å². The second-order valence-corrected chi connectivity index (χ2v) is 8.73. The molecule has 2 aliphatic rings. The predicted octanol–water partition coefficient (Wildman–Crippen LogP) is 4.05. The Morgan fingerprint density at radius 3 is 2.63 bits per heavy atom. The molecule has 0 aliphatic carbocycles. The SMILES string of the molecule is O=C(NC1=NC(c2ccc(CN3CCCCCC3)s2)=N[SH]1)c1ccccc1. The Morgan fingerprint density at radius 2 is 1.85 bits per heavy atom. The first-order valence-corrected chi connectivity index (χ1v) is 11.0. The molecule has 3 heterocycles. The maximum Gasteiger partial charge on any atom is 0.257 e. The number of amidine groups is 2. The molecular formula is C20H23N4OS2. The summed E-state index contributed by atoms with van der Waals surface area (Å²) in [4.78, 5) is 21.7. The summed E-state index contributed by atoms with van der Waals surface area (Å²) in [5.74, 6) is 0.568. The van der Waals surface area contributed by atoms with Gasteiger partial charge in [0.2, 0.25) is 0 Å². The van der Waals surface area contributed by atoms with Crippen LogP contribution in [0.5, 0.6) is 0 Å². The molecule has 0 unspecified atom stereocenters. The van der Waals surface area contributed by atoms with E-state index in [0.717, 1.165) is 11.4 Å². The summed E-state index contributed by atoms with van der Waals surface area (Å²) in [7, 11) is 0. The van der Waals surface area contributed by atoms with Crippen LogP contribution in [0, 0.1) is 0 Å². The Morgan fingerprint density at radius 1 is 1.07 bits per heavy atom. The number of thiophene rings is 1. The standard InChI is InChI=1S/C20H23N4OS2/c25-19(15-8-4-3-5-9-15)22-20-21-18(23-27-20)17-11-10-16(26-17)14-24-12-6-1-2-7-13-24/h3-5,8-11,27H,1-2,6-7,12-14H2,(H,21,22,23,25). The minimum absolute atomic E-state index is 0.147. The van der Waals surface area contributed by atoms with Crippen molar-refractivity contribution >= 4 is 40.2 Å². The van der Waals surface area contributed by atoms with Gasteiger partial charge in [0.1, 0.15) is 0 Å². The third-order valence-electron chi connectivity index (χ3n) is 4.67. The topological polar surface area (TPSA) is 57.1 Å². The van der Waals surface area contributed by atoms with Gasteiger partial charge in [0.05, 0.1) is 4.88 Å². The van der Waals surface area contributed by atoms with Gasteiger partial charge in [0.15, 0.2) is 11.0 Å². The molecule has 1 aromatic heterocycles. The molecule has 1 amide bonds. The number of aliphatic imine (C=N–C) groups is 1. The van der Waals surface area contributed by atoms with E-state index >= 15 is 0 Å². The van der Waals surface area contributed by atoms with E-state index < -0.39 is 0 Å². The molecule has 5 nitrogen and oxygen atoms in total. The fourth-order valence-corrected chi connectivity index (χ4v) is 4.94. The number of carbonyl (C=O) groups excluding carboxylic acids is 1. The summed E-state index contributed by atoms with van der Waals surface area (Å²) in [5.41, 5.74) is 0.625. The first-order valence-electron chi connectivity index (χ1n) is 9.33. The number of benzene rings is 1. The summed E-state index contributed by atoms with van der Waals surface area (Å²) < 4.78 is 4.48. The van der Waals surface area contributed by atoms with Gasteiger partial charge in [0.25, 0.3) is 5.91 Å². The number of amides is 1. The van der Waals surface area contributed by atoms with Crippen molar-refractivity contribution in [3.63, 3.8) is 0 Å². The van der Waals surface area contributed by atoms with E-state index in [1.54, 1.807) is 23.5 Å². The molecule has 4 rings (SSSR count). The molecule has 1 N–H and O–H groups in total. The van der Waals surface area contributed by atoms with E-state index in [2.05, 4.69) is 31.7 Å². The van der Waals surface area contributed by atoms with Crippen molar-refractivity contribution in [2.75, 3.05) is 13.1 Å². The van der Waals surface area contributed by atoms with E-state index in [-0.39, 0.29) is 5.91 Å². The molecule has 1 fully saturated rings. The summed E-state index contributed by atoms with van der Waals surface area (Å²) in [6.07, 6.45) is 5.32. The molecule has 0 atom stereocenters. The van der Waals surface area contributed by atoms with Crippen molar-refractivity contribution in [1.29, 1.82) is 0 Å². The van der Waals surface area contributed by atoms with Gasteiger partial charge >= 0.3 is 0 Å². The molecule has 27 heavy (non-hydrogen) atoms. The molecular weight excluding hydrogens is 376 g/mol. The smallest absolute Gasteiger partial charge is 0.257 e. The van der Waals surface area contributed by atoms with Crippen LogP contribution in [0.25, 0.3) is 0 Å². The molecule has 1 radical (unpaired) electrons. The lowest BCUT2D eigenvalue weighted by Gasteiger charge is -2.18. The average molecular weight is 400 g/mol. The number of nitrogens with zero attached hydrogens (tertiary/aromatic N) is 3. The normalized spacial score (nSPS) is 17.9. The van der Waals surface area contributed by atoms with Crippen LogP contribution in [0.15, 0.2) is 51.9 Å². The number of thiol groups is 1. The first kappa shape index (κ1) is 18.4. The lowest BCUT2D eigenvalue weighted by molar-refractivity contribution is 0.0978. The van der Waals surface area contributed by atoms with Crippen molar-refractivity contribution in [1.82, 2.24) is 10.2 Å². The number of rotatable bonds is 4. The molecule has 0 saturated carbocycles. The van der Waals surface area contributed by atoms with Crippen LogP contribution in [0.4, 0.5) is 0 Å². The minimum Gasteiger partial charge on any atom is -0.300 e. The highest BCUT2D eigenvalue weighted by Crippen LogP contribution is 2.25. The van der Waals surface area contributed by atoms with Crippen molar-refractivity contribution in [3.05, 3.63) is 57.8 Å². The van der Waals surface area contributed by atoms with E-state index in [4.69, 9.17) is 0 Å². The molecule has 2 aromatic rings. The Labute approximate surface area is 167 Å². The second kappa shape index (κ2) is 8.82. The third kappa shape index (κ3) is 4.86. The number of likely N-dealkylation sites (tertiary alicyclic amines) is 1. The molecule has 0 bridgehead atoms. The van der Waals surface area contributed by atoms with E-state index in [0.29, 0.717) is 28.5 Å². The van der Waals surface area contributed by atoms with Crippen LogP contribution >= 0.6 is 23.3 Å². The lowest BCUT2D eigenvalue weighted by atomic mass is 10.2. The zero-order valence-corrected chi connectivity index (χ0v) is 16.8. The van der Waals surface area contributed by atoms with Crippen LogP contribution in [0.3, 0.4) is 0 Å². The van der Waals surface area contributed by atoms with E-state index in [9.17, 15) is 4.79 Å². The summed E-state index contributed by atoms with van der Waals surface area (Å²) in [5, 5.41) is 3.44. The monoisotopic (exact) mass is 399 g/mol. The highest BCUT2D eigenvalue weighted by atomic mass is 32.2. The maximum atomic E-state index is 12.2. The Balaban J connectivity index is 1.37. The largest absolute Gasteiger partial charge is 0.300 e. The molecule has 141 valence electrons. The lowest BCUT2D eigenvalue weighted by Crippen LogP contribution is -2.27. The molecule has 1 saturated heterocycles. The van der Waals surface area contributed by atoms with Crippen LogP contribution in [-0.4, -0.2) is 34.9 Å². The van der Waals surface area contributed by atoms with Crippen LogP contribution in [0.1, 0.15) is 45.8 Å². The van der Waals surface area contributed by atoms with Gasteiger partial charge < -0.3 is 5.32 Å². The predicted molar refractivity (Wildman–Crippen MR) is 115 cm³/mol. The van der Waals surface area contributed by atoms with Gasteiger partial charge in [-0.05, 0) is 62.1 Å². The second-order valence-electron chi connectivity index (χ2n) is 6.74. The van der Waals surface area contributed by atoms with Crippen molar-refractivity contribution in [2.24, 2.45) is 9.39 Å². The number of carbonyl (C=O) groups is 1. The Bertz CT molecular complexity index is 852. The van der Waals surface area contributed by atoms with Gasteiger partial charge in [-0.3, -0.25) is 9.69 Å². The fraction of sp³-hybridized carbons (Fsp3) is 0.350. The van der Waals surface area contributed by atoms with Crippen molar-refractivity contribution in [3.8, 4) is 0 Å². The molecule has 2 aliphatic heterocycles. The first-order chi connectivity index (χ1) is 13.3. The molecule has 7 heteroatoms.